The number of hydrogen-bond donors (Lipinski definition) is 1. The summed E-state index contributed by atoms with van der Waals surface area (Å²) in [4.78, 5) is 35.9. The van der Waals surface area contributed by atoms with Crippen molar-refractivity contribution in [3.05, 3.63) is 113 Å². The molecule has 0 aliphatic carbocycles. The third kappa shape index (κ3) is 5.91. The number of amides is 1. The lowest BCUT2D eigenvalue weighted by Crippen LogP contribution is -2.32. The first-order valence-electron chi connectivity index (χ1n) is 13.3. The molecular weight excluding hydrogens is 498 g/mol. The summed E-state index contributed by atoms with van der Waals surface area (Å²) in [5.41, 5.74) is 8.98. The van der Waals surface area contributed by atoms with Crippen LogP contribution in [0.2, 0.25) is 0 Å². The van der Waals surface area contributed by atoms with E-state index in [4.69, 9.17) is 14.7 Å². The molecule has 5 aromatic rings. The minimum Gasteiger partial charge on any atom is -0.449 e. The highest BCUT2D eigenvalue weighted by molar-refractivity contribution is 5.99. The number of anilines is 1. The molecule has 40 heavy (non-hydrogen) atoms. The zero-order valence-corrected chi connectivity index (χ0v) is 23.1. The molecule has 6 nitrogen and oxygen atoms in total. The summed E-state index contributed by atoms with van der Waals surface area (Å²) < 4.78 is 5.63. The standard InChI is InChI=1S/C34H31N3O3/c1-5-30(33(38)35-27-17-10-23(4)11-18-27)40-34(39)26-16-19-28-29(20-26)37-32(25-14-8-22(3)9-15-25)31(36-28)24-12-6-21(2)7-13-24/h6-20,30H,5H2,1-4H3,(H,35,38). The van der Waals surface area contributed by atoms with Crippen LogP contribution in [0, 0.1) is 20.8 Å². The van der Waals surface area contributed by atoms with Crippen molar-refractivity contribution in [2.24, 2.45) is 0 Å². The fraction of sp³-hybridized carbons (Fsp3) is 0.176. The lowest BCUT2D eigenvalue weighted by molar-refractivity contribution is -0.124. The molecule has 0 saturated carbocycles. The van der Waals surface area contributed by atoms with E-state index in [0.717, 1.165) is 39.2 Å². The molecule has 0 aliphatic rings. The van der Waals surface area contributed by atoms with Gasteiger partial charge in [0.05, 0.1) is 28.0 Å². The molecule has 1 amide bonds. The summed E-state index contributed by atoms with van der Waals surface area (Å²) in [5.74, 6) is -0.959. The molecule has 0 aliphatic heterocycles. The van der Waals surface area contributed by atoms with Crippen molar-refractivity contribution in [2.75, 3.05) is 5.32 Å². The van der Waals surface area contributed by atoms with Crippen LogP contribution in [0.5, 0.6) is 0 Å². The molecule has 0 fully saturated rings. The van der Waals surface area contributed by atoms with Gasteiger partial charge < -0.3 is 10.1 Å². The van der Waals surface area contributed by atoms with Crippen LogP contribution in [0.4, 0.5) is 5.69 Å². The molecule has 1 unspecified atom stereocenters. The number of ether oxygens (including phenoxy) is 1. The number of nitrogens with one attached hydrogen (secondary N) is 1. The van der Waals surface area contributed by atoms with E-state index >= 15 is 0 Å². The molecule has 0 saturated heterocycles. The Morgan fingerprint density at radius 1 is 0.700 bits per heavy atom. The predicted octanol–water partition coefficient (Wildman–Crippen LogP) is 7.46. The first kappa shape index (κ1) is 26.8. The van der Waals surface area contributed by atoms with Gasteiger partial charge in [0.2, 0.25) is 0 Å². The van der Waals surface area contributed by atoms with Gasteiger partial charge in [0.25, 0.3) is 5.91 Å². The second-order valence-corrected chi connectivity index (χ2v) is 10.0. The van der Waals surface area contributed by atoms with Gasteiger partial charge in [-0.3, -0.25) is 4.79 Å². The van der Waals surface area contributed by atoms with E-state index in [1.54, 1.807) is 25.1 Å². The molecule has 0 spiro atoms. The number of aromatic nitrogens is 2. The van der Waals surface area contributed by atoms with Crippen molar-refractivity contribution in [1.82, 2.24) is 9.97 Å². The summed E-state index contributed by atoms with van der Waals surface area (Å²) in [6.07, 6.45) is -0.587. The maximum Gasteiger partial charge on any atom is 0.338 e. The van der Waals surface area contributed by atoms with Crippen LogP contribution < -0.4 is 5.32 Å². The zero-order chi connectivity index (χ0) is 28.2. The third-order valence-electron chi connectivity index (χ3n) is 6.78. The number of benzene rings is 4. The Balaban J connectivity index is 1.46. The molecule has 200 valence electrons. The van der Waals surface area contributed by atoms with Gasteiger partial charge in [-0.1, -0.05) is 84.3 Å². The first-order valence-corrected chi connectivity index (χ1v) is 13.3. The summed E-state index contributed by atoms with van der Waals surface area (Å²) in [6.45, 7) is 7.87. The Kier molecular flexibility index (Phi) is 7.69. The summed E-state index contributed by atoms with van der Waals surface area (Å²) in [5, 5.41) is 2.82. The third-order valence-corrected chi connectivity index (χ3v) is 6.78. The topological polar surface area (TPSA) is 81.2 Å². The Labute approximate surface area is 234 Å². The fourth-order valence-corrected chi connectivity index (χ4v) is 4.39. The maximum atomic E-state index is 13.1. The molecule has 1 N–H and O–H groups in total. The highest BCUT2D eigenvalue weighted by Gasteiger charge is 2.23. The monoisotopic (exact) mass is 529 g/mol. The lowest BCUT2D eigenvalue weighted by atomic mass is 10.0. The van der Waals surface area contributed by atoms with Crippen LogP contribution in [0.15, 0.2) is 91.0 Å². The van der Waals surface area contributed by atoms with E-state index in [9.17, 15) is 9.59 Å². The van der Waals surface area contributed by atoms with Gasteiger partial charge in [0, 0.05) is 16.8 Å². The number of aryl methyl sites for hydroxylation is 3. The van der Waals surface area contributed by atoms with Crippen molar-refractivity contribution in [1.29, 1.82) is 0 Å². The average molecular weight is 530 g/mol. The van der Waals surface area contributed by atoms with E-state index in [2.05, 4.69) is 17.4 Å². The van der Waals surface area contributed by atoms with Gasteiger partial charge >= 0.3 is 5.97 Å². The molecule has 1 atom stereocenters. The predicted molar refractivity (Wildman–Crippen MR) is 159 cm³/mol. The summed E-state index contributed by atoms with van der Waals surface area (Å²) >= 11 is 0. The Morgan fingerprint density at radius 2 is 1.20 bits per heavy atom. The van der Waals surface area contributed by atoms with Gasteiger partial charge in [0.15, 0.2) is 6.10 Å². The molecule has 0 bridgehead atoms. The summed E-state index contributed by atoms with van der Waals surface area (Å²) in [6, 6.07) is 28.9. The highest BCUT2D eigenvalue weighted by atomic mass is 16.5. The number of nitrogens with zero attached hydrogens (tertiary/aromatic N) is 2. The number of hydrogen-bond acceptors (Lipinski definition) is 5. The Hall–Kier alpha value is -4.84. The highest BCUT2D eigenvalue weighted by Crippen LogP contribution is 2.32. The average Bonchev–Trinajstić information content (AvgIpc) is 2.96. The van der Waals surface area contributed by atoms with E-state index in [0.29, 0.717) is 28.7 Å². The SMILES string of the molecule is CCC(OC(=O)c1ccc2nc(-c3ccc(C)cc3)c(-c3ccc(C)cc3)nc2c1)C(=O)Nc1ccc(C)cc1. The number of fused-ring (bicyclic) bond motifs is 1. The van der Waals surface area contributed by atoms with Gasteiger partial charge in [-0.2, -0.15) is 0 Å². The van der Waals surface area contributed by atoms with Crippen molar-refractivity contribution >= 4 is 28.6 Å². The van der Waals surface area contributed by atoms with Crippen molar-refractivity contribution in [2.45, 2.75) is 40.2 Å². The van der Waals surface area contributed by atoms with Crippen molar-refractivity contribution < 1.29 is 14.3 Å². The van der Waals surface area contributed by atoms with Gasteiger partial charge in [-0.25, -0.2) is 14.8 Å². The molecule has 5 rings (SSSR count). The number of carbonyl (C=O) groups is 2. The minimum atomic E-state index is -0.928. The molecular formula is C34H31N3O3. The van der Waals surface area contributed by atoms with Crippen LogP contribution in [0.25, 0.3) is 33.5 Å². The van der Waals surface area contributed by atoms with E-state index < -0.39 is 12.1 Å². The van der Waals surface area contributed by atoms with Crippen LogP contribution in [-0.2, 0) is 9.53 Å². The van der Waals surface area contributed by atoms with Crippen molar-refractivity contribution in [3.8, 4) is 22.5 Å². The van der Waals surface area contributed by atoms with Crippen LogP contribution in [0.3, 0.4) is 0 Å². The van der Waals surface area contributed by atoms with Gasteiger partial charge in [-0.15, -0.1) is 0 Å². The number of esters is 1. The van der Waals surface area contributed by atoms with Gasteiger partial charge in [-0.05, 0) is 57.5 Å². The van der Waals surface area contributed by atoms with Crippen molar-refractivity contribution in [3.63, 3.8) is 0 Å². The fourth-order valence-electron chi connectivity index (χ4n) is 4.39. The molecule has 1 aromatic heterocycles. The van der Waals surface area contributed by atoms with Crippen LogP contribution in [-0.4, -0.2) is 27.9 Å². The normalized spacial score (nSPS) is 11.7. The summed E-state index contributed by atoms with van der Waals surface area (Å²) in [7, 11) is 0. The van der Waals surface area contributed by atoms with Crippen LogP contribution in [0.1, 0.15) is 40.4 Å². The molecule has 1 heterocycles. The van der Waals surface area contributed by atoms with Gasteiger partial charge in [0.1, 0.15) is 0 Å². The van der Waals surface area contributed by atoms with Crippen LogP contribution >= 0.6 is 0 Å². The number of carbonyl (C=O) groups excluding carboxylic acids is 2. The quantitative estimate of drug-likeness (QED) is 0.221. The lowest BCUT2D eigenvalue weighted by Gasteiger charge is -2.16. The Morgan fingerprint density at radius 3 is 1.73 bits per heavy atom. The molecule has 0 radical (unpaired) electrons. The minimum absolute atomic E-state index is 0.307. The van der Waals surface area contributed by atoms with E-state index in [-0.39, 0.29) is 5.91 Å². The smallest absolute Gasteiger partial charge is 0.338 e. The molecule has 4 aromatic carbocycles. The second kappa shape index (κ2) is 11.5. The first-order chi connectivity index (χ1) is 19.3. The van der Waals surface area contributed by atoms with E-state index in [1.165, 1.54) is 0 Å². The number of rotatable bonds is 7. The second-order valence-electron chi connectivity index (χ2n) is 10.0. The largest absolute Gasteiger partial charge is 0.449 e. The molecule has 6 heteroatoms. The van der Waals surface area contributed by atoms with E-state index in [1.807, 2.05) is 81.4 Å². The maximum absolute atomic E-state index is 13.1. The zero-order valence-electron chi connectivity index (χ0n) is 23.1. The Bertz CT molecular complexity index is 1680.